The lowest BCUT2D eigenvalue weighted by Crippen LogP contribution is -2.57. The molecule has 83 heavy (non-hydrogen) atoms. The Kier molecular flexibility index (Phi) is 20.5. The molecule has 21 nitrogen and oxygen atoms in total. The van der Waals surface area contributed by atoms with Crippen LogP contribution in [0.1, 0.15) is 56.4 Å². The van der Waals surface area contributed by atoms with Crippen molar-refractivity contribution < 1.29 is 71.2 Å². The molecular weight excluding hydrogens is 1070 g/mol. The fourth-order valence-corrected chi connectivity index (χ4v) is 9.91. The summed E-state index contributed by atoms with van der Waals surface area (Å²) in [6, 6.07) is 18.1. The van der Waals surface area contributed by atoms with E-state index in [2.05, 4.69) is 31.9 Å². The van der Waals surface area contributed by atoms with E-state index in [9.17, 15) is 38.4 Å². The van der Waals surface area contributed by atoms with Crippen molar-refractivity contribution in [1.82, 2.24) is 36.8 Å². The van der Waals surface area contributed by atoms with E-state index >= 15 is 4.39 Å². The number of hydrogen-bond donors (Lipinski definition) is 6. The van der Waals surface area contributed by atoms with Crippen LogP contribution in [0.25, 0.3) is 11.1 Å². The first-order valence-electron chi connectivity index (χ1n) is 27.9. The maximum absolute atomic E-state index is 16.1. The van der Waals surface area contributed by atoms with Crippen LogP contribution < -0.4 is 41.4 Å². The number of methoxy groups -OCH3 is 2. The molecule has 0 saturated carbocycles. The van der Waals surface area contributed by atoms with Crippen LogP contribution in [0.15, 0.2) is 91.0 Å². The average Bonchev–Trinajstić information content (AvgIpc) is 4.59. The molecule has 8 rings (SSSR count). The van der Waals surface area contributed by atoms with Gasteiger partial charge >= 0.3 is 0 Å². The summed E-state index contributed by atoms with van der Waals surface area (Å²) in [7, 11) is 2.94. The molecule has 0 radical (unpaired) electrons. The number of Topliss-reactive ketones (excluding diaryl/α,β-unsaturated/α-hetero) is 2. The zero-order chi connectivity index (χ0) is 59.4. The van der Waals surface area contributed by atoms with E-state index in [1.54, 1.807) is 62.4 Å². The van der Waals surface area contributed by atoms with Crippen LogP contribution in [0.3, 0.4) is 0 Å². The van der Waals surface area contributed by atoms with Gasteiger partial charge in [0.25, 0.3) is 0 Å². The van der Waals surface area contributed by atoms with Gasteiger partial charge in [-0.1, -0.05) is 54.6 Å². The Bertz CT molecular complexity index is 3000. The monoisotopic (exact) mass is 1150 g/mol. The Balaban J connectivity index is 1.04. The number of benzene rings is 4. The molecule has 0 aromatic heterocycles. The first-order valence-corrected chi connectivity index (χ1v) is 27.9. The quantitative estimate of drug-likeness (QED) is 0.0425. The summed E-state index contributed by atoms with van der Waals surface area (Å²) in [5, 5.41) is 16.7. The van der Waals surface area contributed by atoms with Gasteiger partial charge in [-0.3, -0.25) is 43.3 Å². The molecule has 4 aliphatic heterocycles. The fourth-order valence-electron chi connectivity index (χ4n) is 9.91. The normalized spacial score (nSPS) is 20.5. The number of nitrogens with one attached hydrogen (secondary N) is 6. The van der Waals surface area contributed by atoms with Crippen molar-refractivity contribution in [1.29, 1.82) is 0 Å². The van der Waals surface area contributed by atoms with Crippen molar-refractivity contribution in [2.45, 2.75) is 107 Å². The molecule has 444 valence electrons. The van der Waals surface area contributed by atoms with Gasteiger partial charge in [-0.25, -0.2) is 4.39 Å². The number of amides is 6. The van der Waals surface area contributed by atoms with Crippen molar-refractivity contribution in [2.24, 2.45) is 5.92 Å². The van der Waals surface area contributed by atoms with Crippen LogP contribution in [-0.2, 0) is 83.0 Å². The second-order valence-electron chi connectivity index (χ2n) is 22.1. The van der Waals surface area contributed by atoms with Crippen molar-refractivity contribution in [3.8, 4) is 22.6 Å². The first-order chi connectivity index (χ1) is 39.7. The molecule has 0 aliphatic carbocycles. The molecule has 4 heterocycles. The number of epoxide rings is 2. The third-order valence-electron chi connectivity index (χ3n) is 15.2. The molecule has 6 N–H and O–H groups in total. The predicted octanol–water partition coefficient (Wildman–Crippen LogP) is 2.11. The maximum atomic E-state index is 16.1. The number of ketones is 2. The topological polar surface area (TPSA) is 274 Å². The number of hydrogen-bond acceptors (Lipinski definition) is 15. The molecule has 4 aromatic carbocycles. The van der Waals surface area contributed by atoms with Crippen molar-refractivity contribution in [2.75, 3.05) is 73.5 Å². The van der Waals surface area contributed by atoms with Crippen LogP contribution >= 0.6 is 0 Å². The molecule has 8 atom stereocenters. The SMILES string of the molecule is COc1ccc(CC(NC(=O)C(C)NC(=O)CN2CCOCC2)C(=O)NC(Cc2cc(F)cc(-c3cc(CC(NC(=O)C(C)NC(=O)CC4COC4)C(=O)NC(Cc4ccccc4)C(=O)C4(C)CO4)ccc3OC)c2)C(=O)C2(C)CO2)cc1. The second-order valence-corrected chi connectivity index (χ2v) is 22.1. The molecular formula is C61H74FN7O14. The number of ether oxygens (including phenoxy) is 6. The number of nitrogens with zero attached hydrogens (tertiary/aromatic N) is 1. The third kappa shape index (κ3) is 17.0. The summed E-state index contributed by atoms with van der Waals surface area (Å²) >= 11 is 0. The van der Waals surface area contributed by atoms with Gasteiger partial charge in [0.2, 0.25) is 35.4 Å². The van der Waals surface area contributed by atoms with Gasteiger partial charge in [0.05, 0.1) is 72.5 Å². The molecule has 0 spiro atoms. The highest BCUT2D eigenvalue weighted by atomic mass is 19.1. The summed E-state index contributed by atoms with van der Waals surface area (Å²) in [6.45, 7) is 9.51. The summed E-state index contributed by atoms with van der Waals surface area (Å²) in [6.07, 6.45) is -0.101. The number of morpholine rings is 1. The molecule has 22 heteroatoms. The molecule has 4 saturated heterocycles. The Labute approximate surface area is 481 Å². The van der Waals surface area contributed by atoms with E-state index in [1.165, 1.54) is 40.2 Å². The number of carbonyl (C=O) groups excluding carboxylic acids is 8. The number of rotatable bonds is 29. The van der Waals surface area contributed by atoms with Gasteiger partial charge in [0.1, 0.15) is 52.7 Å². The fraction of sp³-hybridized carbons (Fsp3) is 0.475. The summed E-state index contributed by atoms with van der Waals surface area (Å²) in [5.41, 5.74) is 0.486. The molecule has 4 aliphatic rings. The Hall–Kier alpha value is -7.63. The van der Waals surface area contributed by atoms with Crippen molar-refractivity contribution >= 4 is 47.0 Å². The maximum Gasteiger partial charge on any atom is 0.243 e. The van der Waals surface area contributed by atoms with Gasteiger partial charge in [0.15, 0.2) is 11.6 Å². The molecule has 4 fully saturated rings. The highest BCUT2D eigenvalue weighted by molar-refractivity contribution is 6.00. The lowest BCUT2D eigenvalue weighted by Gasteiger charge is -2.27. The Morgan fingerprint density at radius 3 is 1.61 bits per heavy atom. The largest absolute Gasteiger partial charge is 0.497 e. The minimum atomic E-state index is -1.31. The Morgan fingerprint density at radius 1 is 0.578 bits per heavy atom. The number of halogens is 1. The summed E-state index contributed by atoms with van der Waals surface area (Å²) < 4.78 is 48.8. The number of carbonyl (C=O) groups is 8. The van der Waals surface area contributed by atoms with Crippen LogP contribution in [0.2, 0.25) is 0 Å². The van der Waals surface area contributed by atoms with E-state index in [1.807, 2.05) is 35.2 Å². The van der Waals surface area contributed by atoms with E-state index < -0.39 is 82.7 Å². The standard InChI is InChI=1S/C61H74FN7O14/c1-36(63-52(70)29-42-32-81-33-42)56(74)68-50(59(77)65-47(54(72)60(3)34-82-60)25-38-10-8-7-9-11-38)27-40-14-17-51(79-6)46(24-40)43-22-41(23-44(62)30-43)28-48(55(73)61(4)35-83-61)66-58(76)49(26-39-12-15-45(78-5)16-13-39)67-57(75)37(2)64-53(71)31-69-18-20-80-21-19-69/h7-17,22-24,30,36-37,42,47-50H,18-21,25-29,31-35H2,1-6H3,(H,63,70)(H,64,71)(H,65,77)(H,66,76)(H,67,75)(H,68,74). The molecule has 4 aromatic rings. The first kappa shape index (κ1) is 61.4. The van der Waals surface area contributed by atoms with E-state index in [0.717, 1.165) is 5.56 Å². The lowest BCUT2D eigenvalue weighted by atomic mass is 9.91. The summed E-state index contributed by atoms with van der Waals surface area (Å²) in [4.78, 5) is 113. The second kappa shape index (κ2) is 27.6. The predicted molar refractivity (Wildman–Crippen MR) is 300 cm³/mol. The molecule has 8 unspecified atom stereocenters. The van der Waals surface area contributed by atoms with Gasteiger partial charge < -0.3 is 60.3 Å². The van der Waals surface area contributed by atoms with Crippen LogP contribution in [0, 0.1) is 11.7 Å². The van der Waals surface area contributed by atoms with Gasteiger partial charge in [-0.2, -0.15) is 0 Å². The van der Waals surface area contributed by atoms with Crippen LogP contribution in [-0.4, -0.2) is 173 Å². The highest BCUT2D eigenvalue weighted by Gasteiger charge is 2.51. The minimum Gasteiger partial charge on any atom is -0.497 e. The highest BCUT2D eigenvalue weighted by Crippen LogP contribution is 2.35. The van der Waals surface area contributed by atoms with Crippen molar-refractivity contribution in [3.63, 3.8) is 0 Å². The zero-order valence-corrected chi connectivity index (χ0v) is 47.6. The van der Waals surface area contributed by atoms with E-state index in [4.69, 9.17) is 28.4 Å². The summed E-state index contributed by atoms with van der Waals surface area (Å²) in [5.74, 6) is -4.11. The minimum absolute atomic E-state index is 0.0237. The van der Waals surface area contributed by atoms with Gasteiger partial charge in [-0.05, 0) is 105 Å². The average molecular weight is 1150 g/mol. The Morgan fingerprint density at radius 2 is 1.08 bits per heavy atom. The molecule has 0 bridgehead atoms. The van der Waals surface area contributed by atoms with Crippen LogP contribution in [0.4, 0.5) is 4.39 Å². The van der Waals surface area contributed by atoms with E-state index in [0.29, 0.717) is 73.3 Å². The third-order valence-corrected chi connectivity index (χ3v) is 15.2. The molecule has 6 amide bonds. The zero-order valence-electron chi connectivity index (χ0n) is 47.6. The van der Waals surface area contributed by atoms with E-state index in [-0.39, 0.29) is 80.9 Å². The van der Waals surface area contributed by atoms with Gasteiger partial charge in [-0.15, -0.1) is 0 Å². The smallest absolute Gasteiger partial charge is 0.243 e. The van der Waals surface area contributed by atoms with Crippen molar-refractivity contribution in [3.05, 3.63) is 119 Å². The van der Waals surface area contributed by atoms with Gasteiger partial charge in [0, 0.05) is 43.8 Å². The van der Waals surface area contributed by atoms with Crippen LogP contribution in [0.5, 0.6) is 11.5 Å². The lowest BCUT2D eigenvalue weighted by molar-refractivity contribution is -0.134.